The minimum absolute atomic E-state index is 0.176. The molecule has 0 radical (unpaired) electrons. The van der Waals surface area contributed by atoms with Crippen molar-refractivity contribution in [2.75, 3.05) is 27.4 Å². The number of hydrogen-bond donors (Lipinski definition) is 1. The smallest absolute Gasteiger partial charge is 0.333 e. The first-order valence-electron chi connectivity index (χ1n) is 10.1. The van der Waals surface area contributed by atoms with E-state index >= 15 is 0 Å². The number of carbonyl (C=O) groups excluding carboxylic acids is 3. The zero-order valence-corrected chi connectivity index (χ0v) is 21.1. The van der Waals surface area contributed by atoms with Gasteiger partial charge in [0.15, 0.2) is 0 Å². The van der Waals surface area contributed by atoms with Gasteiger partial charge in [-0.05, 0) is 26.3 Å². The Morgan fingerprint density at radius 1 is 0.829 bits per heavy atom. The van der Waals surface area contributed by atoms with E-state index in [1.165, 1.54) is 14.0 Å². The highest BCUT2D eigenvalue weighted by Crippen LogP contribution is 2.02. The fourth-order valence-corrected chi connectivity index (χ4v) is 1.31. The molecule has 0 saturated carbocycles. The van der Waals surface area contributed by atoms with Crippen molar-refractivity contribution in [2.24, 2.45) is 0 Å². The Balaban J connectivity index is -0.000000411. The lowest BCUT2D eigenvalue weighted by molar-refractivity contribution is -0.140. The summed E-state index contributed by atoms with van der Waals surface area (Å²) >= 11 is 0. The molecule has 1 N–H and O–H groups in total. The van der Waals surface area contributed by atoms with E-state index in [1.807, 2.05) is 30.3 Å². The van der Waals surface area contributed by atoms with Gasteiger partial charge in [-0.3, -0.25) is 0 Å². The second kappa shape index (κ2) is 23.2. The molecular weight excluding hydrogens is 456 g/mol. The number of aliphatic carboxylic acids is 1. The lowest BCUT2D eigenvalue weighted by Crippen LogP contribution is -2.06. The normalized spacial score (nSPS) is 8.49. The van der Waals surface area contributed by atoms with Crippen molar-refractivity contribution in [1.29, 1.82) is 0 Å². The van der Waals surface area contributed by atoms with Gasteiger partial charge in [0.2, 0.25) is 0 Å². The predicted molar refractivity (Wildman–Crippen MR) is 133 cm³/mol. The van der Waals surface area contributed by atoms with Gasteiger partial charge in [0.25, 0.3) is 0 Å². The summed E-state index contributed by atoms with van der Waals surface area (Å²) in [5, 5.41) is 7.89. The Kier molecular flexibility index (Phi) is 23.6. The lowest BCUT2D eigenvalue weighted by Gasteiger charge is -2.03. The van der Waals surface area contributed by atoms with Gasteiger partial charge in [-0.15, -0.1) is 0 Å². The van der Waals surface area contributed by atoms with Crippen LogP contribution in [0.2, 0.25) is 0 Å². The van der Waals surface area contributed by atoms with Crippen LogP contribution < -0.4 is 0 Å². The first kappa shape index (κ1) is 35.6. The highest BCUT2D eigenvalue weighted by atomic mass is 16.6. The molecular formula is C26H36O9. The Bertz CT molecular complexity index is 828. The molecule has 0 aliphatic heterocycles. The second-order valence-electron chi connectivity index (χ2n) is 6.56. The number of carboxylic acid groups (broad SMARTS) is 1. The van der Waals surface area contributed by atoms with Gasteiger partial charge in [-0.2, -0.15) is 0 Å². The maximum Gasteiger partial charge on any atom is 0.333 e. The van der Waals surface area contributed by atoms with Gasteiger partial charge < -0.3 is 24.1 Å². The topological polar surface area (TPSA) is 125 Å². The third-order valence-corrected chi connectivity index (χ3v) is 3.16. The van der Waals surface area contributed by atoms with E-state index in [1.54, 1.807) is 21.0 Å². The number of hydrogen-bond acceptors (Lipinski definition) is 8. The van der Waals surface area contributed by atoms with Crippen LogP contribution in [-0.2, 0) is 44.7 Å². The van der Waals surface area contributed by atoms with Crippen LogP contribution in [0.3, 0.4) is 0 Å². The molecule has 0 aliphatic carbocycles. The summed E-state index contributed by atoms with van der Waals surface area (Å²) in [7, 11) is 2.87. The molecule has 0 heterocycles. The van der Waals surface area contributed by atoms with Crippen LogP contribution in [0, 0.1) is 0 Å². The molecule has 0 bridgehead atoms. The zero-order chi connectivity index (χ0) is 27.8. The van der Waals surface area contributed by atoms with Crippen LogP contribution in [0.5, 0.6) is 0 Å². The van der Waals surface area contributed by atoms with Crippen molar-refractivity contribution in [3.05, 3.63) is 85.0 Å². The largest absolute Gasteiger partial charge is 0.478 e. The summed E-state index contributed by atoms with van der Waals surface area (Å²) in [5.74, 6) is -2.04. The summed E-state index contributed by atoms with van der Waals surface area (Å²) in [6.45, 7) is 18.9. The summed E-state index contributed by atoms with van der Waals surface area (Å²) < 4.78 is 18.4. The van der Waals surface area contributed by atoms with Gasteiger partial charge in [0, 0.05) is 29.9 Å². The Labute approximate surface area is 207 Å². The molecule has 0 aliphatic rings. The molecule has 194 valence electrons. The Morgan fingerprint density at radius 3 is 1.63 bits per heavy atom. The molecule has 0 atom stereocenters. The summed E-state index contributed by atoms with van der Waals surface area (Å²) in [6, 6.07) is 9.55. The van der Waals surface area contributed by atoms with Gasteiger partial charge in [0.1, 0.15) is 13.2 Å². The number of carbonyl (C=O) groups is 4. The third-order valence-electron chi connectivity index (χ3n) is 3.16. The van der Waals surface area contributed by atoms with Crippen LogP contribution in [0.4, 0.5) is 0 Å². The predicted octanol–water partition coefficient (Wildman–Crippen LogP) is 4.05. The van der Waals surface area contributed by atoms with E-state index in [9.17, 15) is 19.2 Å². The molecule has 0 fully saturated rings. The number of carboxylic acids is 1. The van der Waals surface area contributed by atoms with Crippen LogP contribution >= 0.6 is 0 Å². The molecule has 1 rings (SSSR count). The number of ether oxygens (including phenoxy) is 4. The average molecular weight is 493 g/mol. The van der Waals surface area contributed by atoms with E-state index < -0.39 is 11.9 Å². The van der Waals surface area contributed by atoms with Crippen molar-refractivity contribution in [3.63, 3.8) is 0 Å². The monoisotopic (exact) mass is 492 g/mol. The fourth-order valence-electron chi connectivity index (χ4n) is 1.31. The zero-order valence-electron chi connectivity index (χ0n) is 21.1. The quantitative estimate of drug-likeness (QED) is 0.235. The molecule has 1 aromatic carbocycles. The first-order chi connectivity index (χ1) is 16.3. The maximum atomic E-state index is 11.0. The number of methoxy groups -OCH3 is 2. The van der Waals surface area contributed by atoms with Crippen molar-refractivity contribution in [1.82, 2.24) is 0 Å². The van der Waals surface area contributed by atoms with Gasteiger partial charge >= 0.3 is 23.9 Å². The standard InChI is InChI=1S/C11H12O2.C6H10O3.C5H8O2.C4H6O2/c1-9(2)11(12)13-8-10-6-4-3-5-7-10;1-3-6(7)9-5-4-8-2;1-4(2)5(6)7-3;1-3(2)4(5)6/h3-7H,1,8H2,2H3;3H,1,4-5H2,2H3;1H2,2-3H3;1H2,2H3,(H,5,6). The average Bonchev–Trinajstić information content (AvgIpc) is 2.83. The SMILES string of the molecule is C=C(C)C(=O)O.C=C(C)C(=O)OC.C=C(C)C(=O)OCc1ccccc1.C=CC(=O)OCCOC. The Hall–Kier alpha value is -3.98. The van der Waals surface area contributed by atoms with Crippen molar-refractivity contribution >= 4 is 23.9 Å². The van der Waals surface area contributed by atoms with Crippen LogP contribution in [0.1, 0.15) is 26.3 Å². The van der Waals surface area contributed by atoms with Gasteiger partial charge in [-0.1, -0.05) is 56.6 Å². The highest BCUT2D eigenvalue weighted by molar-refractivity contribution is 5.87. The number of benzene rings is 1. The van der Waals surface area contributed by atoms with Crippen LogP contribution in [0.25, 0.3) is 0 Å². The van der Waals surface area contributed by atoms with E-state index in [4.69, 9.17) is 9.84 Å². The fraction of sp³-hybridized carbons (Fsp3) is 0.308. The van der Waals surface area contributed by atoms with E-state index in [0.29, 0.717) is 31.0 Å². The molecule has 0 spiro atoms. The summed E-state index contributed by atoms with van der Waals surface area (Å²) in [4.78, 5) is 41.1. The van der Waals surface area contributed by atoms with Gasteiger partial charge in [0.05, 0.1) is 13.7 Å². The second-order valence-corrected chi connectivity index (χ2v) is 6.56. The van der Waals surface area contributed by atoms with E-state index in [2.05, 4.69) is 40.5 Å². The Morgan fingerprint density at radius 2 is 1.31 bits per heavy atom. The van der Waals surface area contributed by atoms with Crippen LogP contribution in [0.15, 0.2) is 79.4 Å². The maximum absolute atomic E-state index is 11.0. The van der Waals surface area contributed by atoms with Crippen molar-refractivity contribution in [2.45, 2.75) is 27.4 Å². The van der Waals surface area contributed by atoms with Crippen LogP contribution in [-0.4, -0.2) is 56.4 Å². The van der Waals surface area contributed by atoms with Crippen molar-refractivity contribution in [3.8, 4) is 0 Å². The minimum atomic E-state index is -0.935. The lowest BCUT2D eigenvalue weighted by atomic mass is 10.2. The highest BCUT2D eigenvalue weighted by Gasteiger charge is 2.02. The summed E-state index contributed by atoms with van der Waals surface area (Å²) in [5.41, 5.74) is 2.02. The molecule has 9 nitrogen and oxygen atoms in total. The van der Waals surface area contributed by atoms with E-state index in [0.717, 1.165) is 11.6 Å². The molecule has 35 heavy (non-hydrogen) atoms. The number of rotatable bonds is 9. The van der Waals surface area contributed by atoms with Crippen molar-refractivity contribution < 1.29 is 43.2 Å². The first-order valence-corrected chi connectivity index (χ1v) is 10.1. The molecule has 0 saturated heterocycles. The van der Waals surface area contributed by atoms with E-state index in [-0.39, 0.29) is 17.5 Å². The number of esters is 3. The molecule has 0 unspecified atom stereocenters. The molecule has 0 amide bonds. The minimum Gasteiger partial charge on any atom is -0.478 e. The summed E-state index contributed by atoms with van der Waals surface area (Å²) in [6.07, 6.45) is 1.12. The third kappa shape index (κ3) is 26.2. The van der Waals surface area contributed by atoms with Gasteiger partial charge in [-0.25, -0.2) is 19.2 Å². The molecule has 0 aromatic heterocycles. The molecule has 1 aromatic rings. The molecule has 9 heteroatoms.